The number of benzene rings is 2. The number of amides is 2. The number of anilines is 1. The smallest absolute Gasteiger partial charge is 0.356 e. The Morgan fingerprint density at radius 3 is 2.41 bits per heavy atom. The summed E-state index contributed by atoms with van der Waals surface area (Å²) in [5.41, 5.74) is 8.25. The Kier molecular flexibility index (Phi) is 8.48. The molecule has 4 aromatic rings. The highest BCUT2D eigenvalue weighted by Crippen LogP contribution is 2.42. The number of rotatable bonds is 10. The van der Waals surface area contributed by atoms with Gasteiger partial charge < -0.3 is 25.0 Å². The second-order valence-electron chi connectivity index (χ2n) is 9.87. The minimum atomic E-state index is -0.919. The Morgan fingerprint density at radius 2 is 1.82 bits per heavy atom. The van der Waals surface area contributed by atoms with Crippen molar-refractivity contribution in [2.24, 2.45) is 5.16 Å². The zero-order valence-corrected chi connectivity index (χ0v) is 25.0. The van der Waals surface area contributed by atoms with Gasteiger partial charge in [0.15, 0.2) is 16.9 Å². The second kappa shape index (κ2) is 12.8. The van der Waals surface area contributed by atoms with Crippen molar-refractivity contribution in [1.29, 1.82) is 0 Å². The Morgan fingerprint density at radius 1 is 1.11 bits per heavy atom. The maximum Gasteiger partial charge on any atom is 0.356 e. The van der Waals surface area contributed by atoms with Crippen molar-refractivity contribution >= 4 is 51.7 Å². The van der Waals surface area contributed by atoms with Gasteiger partial charge in [0.1, 0.15) is 35.7 Å². The molecule has 1 saturated heterocycles. The number of nitrogens with one attached hydrogen (secondary N) is 1. The average molecular weight is 630 g/mol. The molecule has 0 saturated carbocycles. The summed E-state index contributed by atoms with van der Waals surface area (Å²) in [7, 11) is 1.30. The van der Waals surface area contributed by atoms with Crippen molar-refractivity contribution in [3.63, 3.8) is 0 Å². The molecular weight excluding hydrogens is 603 g/mol. The number of oxime groups is 1. The summed E-state index contributed by atoms with van der Waals surface area (Å²) in [6, 6.07) is 21.5. The number of esters is 1. The number of aromatic nitrogens is 1. The molecule has 11 nitrogen and oxygen atoms in total. The summed E-state index contributed by atoms with van der Waals surface area (Å²) in [5, 5.41) is 7.82. The molecule has 44 heavy (non-hydrogen) atoms. The molecule has 2 aliphatic rings. The zero-order chi connectivity index (χ0) is 30.6. The SMILES string of the molecule is CO/N=C(\C(=O)NC1C(=O)N2C(C(=O)OC(c3ccccc3)c3ccccc3)=C(Cc3ccco3)CSC12)c1csc(N)n1. The van der Waals surface area contributed by atoms with Gasteiger partial charge in [0.25, 0.3) is 11.8 Å². The lowest BCUT2D eigenvalue weighted by Gasteiger charge is -2.49. The van der Waals surface area contributed by atoms with E-state index in [9.17, 15) is 14.4 Å². The average Bonchev–Trinajstić information content (AvgIpc) is 3.73. The molecule has 0 bridgehead atoms. The number of β-lactam (4-membered cyclic amide) rings is 1. The zero-order valence-electron chi connectivity index (χ0n) is 23.4. The topological polar surface area (TPSA) is 149 Å². The van der Waals surface area contributed by atoms with Gasteiger partial charge in [-0.05, 0) is 28.8 Å². The number of furan rings is 1. The van der Waals surface area contributed by atoms with E-state index in [1.54, 1.807) is 17.7 Å². The van der Waals surface area contributed by atoms with Crippen LogP contribution in [0.3, 0.4) is 0 Å². The van der Waals surface area contributed by atoms with Crippen LogP contribution in [0.5, 0.6) is 0 Å². The van der Waals surface area contributed by atoms with Gasteiger partial charge >= 0.3 is 5.97 Å². The fourth-order valence-corrected chi connectivity index (χ4v) is 6.97. The summed E-state index contributed by atoms with van der Waals surface area (Å²) >= 11 is 2.58. The van der Waals surface area contributed by atoms with Crippen LogP contribution < -0.4 is 11.1 Å². The molecule has 0 aliphatic carbocycles. The predicted molar refractivity (Wildman–Crippen MR) is 165 cm³/mol. The molecule has 2 aromatic heterocycles. The predicted octanol–water partition coefficient (Wildman–Crippen LogP) is 3.90. The van der Waals surface area contributed by atoms with Crippen LogP contribution in [-0.2, 0) is 30.4 Å². The highest BCUT2D eigenvalue weighted by molar-refractivity contribution is 8.00. The molecule has 224 valence electrons. The van der Waals surface area contributed by atoms with Gasteiger partial charge in [0.2, 0.25) is 0 Å². The molecular formula is C31H27N5O6S2. The normalized spacial score (nSPS) is 18.1. The lowest BCUT2D eigenvalue weighted by molar-refractivity contribution is -0.154. The van der Waals surface area contributed by atoms with Gasteiger partial charge in [0, 0.05) is 17.6 Å². The number of nitrogens with two attached hydrogens (primary N) is 1. The van der Waals surface area contributed by atoms with E-state index >= 15 is 0 Å². The molecule has 0 radical (unpaired) electrons. The monoisotopic (exact) mass is 629 g/mol. The van der Waals surface area contributed by atoms with E-state index in [-0.39, 0.29) is 22.2 Å². The number of fused-ring (bicyclic) bond motifs is 1. The number of thiazole rings is 1. The number of ether oxygens (including phenoxy) is 1. The number of nitrogen functional groups attached to an aromatic ring is 1. The standard InChI is InChI=1S/C31H27N5O6S2/c1-40-35-23(22-17-44-31(32)33-22)27(37)34-24-28(38)36-25(20(16-43-29(24)36)15-21-13-8-14-41-21)30(39)42-26(18-9-4-2-5-10-18)19-11-6-3-7-12-19/h2-14,17,24,26,29H,15-16H2,1H3,(H2,32,33)(H,34,37)/b35-23-. The van der Waals surface area contributed by atoms with Crippen molar-refractivity contribution in [2.45, 2.75) is 23.9 Å². The molecule has 2 aliphatic heterocycles. The van der Waals surface area contributed by atoms with E-state index in [0.717, 1.165) is 22.5 Å². The summed E-state index contributed by atoms with van der Waals surface area (Å²) in [6.07, 6.45) is 1.17. The molecule has 3 N–H and O–H groups in total. The Hall–Kier alpha value is -4.88. The van der Waals surface area contributed by atoms with Crippen LogP contribution in [0.4, 0.5) is 5.13 Å². The summed E-state index contributed by atoms with van der Waals surface area (Å²) < 4.78 is 11.7. The second-order valence-corrected chi connectivity index (χ2v) is 11.9. The first kappa shape index (κ1) is 29.2. The minimum absolute atomic E-state index is 0.116. The minimum Gasteiger partial charge on any atom is -0.469 e. The molecule has 4 heterocycles. The lowest BCUT2D eigenvalue weighted by Crippen LogP contribution is -2.71. The van der Waals surface area contributed by atoms with Crippen molar-refractivity contribution in [3.05, 3.63) is 118 Å². The third kappa shape index (κ3) is 5.83. The van der Waals surface area contributed by atoms with Gasteiger partial charge in [-0.1, -0.05) is 65.8 Å². The lowest BCUT2D eigenvalue weighted by atomic mass is 9.99. The van der Waals surface area contributed by atoms with E-state index in [0.29, 0.717) is 23.5 Å². The quantitative estimate of drug-likeness (QED) is 0.115. The summed E-state index contributed by atoms with van der Waals surface area (Å²) in [6.45, 7) is 0. The van der Waals surface area contributed by atoms with Crippen LogP contribution in [0.15, 0.2) is 105 Å². The third-order valence-electron chi connectivity index (χ3n) is 7.09. The van der Waals surface area contributed by atoms with E-state index in [1.165, 1.54) is 23.8 Å². The summed E-state index contributed by atoms with van der Waals surface area (Å²) in [5.74, 6) is -0.696. The van der Waals surface area contributed by atoms with Gasteiger partial charge in [-0.2, -0.15) is 0 Å². The molecule has 2 aromatic carbocycles. The van der Waals surface area contributed by atoms with E-state index in [4.69, 9.17) is 19.7 Å². The first-order chi connectivity index (χ1) is 21.4. The van der Waals surface area contributed by atoms with E-state index < -0.39 is 35.3 Å². The largest absolute Gasteiger partial charge is 0.469 e. The van der Waals surface area contributed by atoms with Crippen LogP contribution in [0.2, 0.25) is 0 Å². The molecule has 2 atom stereocenters. The van der Waals surface area contributed by atoms with Crippen LogP contribution >= 0.6 is 23.1 Å². The van der Waals surface area contributed by atoms with Crippen molar-refractivity contribution < 1.29 is 28.4 Å². The van der Waals surface area contributed by atoms with Crippen molar-refractivity contribution in [3.8, 4) is 0 Å². The first-order valence-corrected chi connectivity index (χ1v) is 15.5. The molecule has 2 amide bonds. The maximum absolute atomic E-state index is 14.1. The Bertz CT molecular complexity index is 1680. The number of hydrogen-bond acceptors (Lipinski definition) is 11. The van der Waals surface area contributed by atoms with Crippen LogP contribution in [0, 0.1) is 0 Å². The van der Waals surface area contributed by atoms with Crippen molar-refractivity contribution in [1.82, 2.24) is 15.2 Å². The highest BCUT2D eigenvalue weighted by Gasteiger charge is 2.55. The van der Waals surface area contributed by atoms with Gasteiger partial charge in [-0.25, -0.2) is 9.78 Å². The van der Waals surface area contributed by atoms with Crippen LogP contribution in [-0.4, -0.2) is 57.7 Å². The number of thioether (sulfide) groups is 1. The van der Waals surface area contributed by atoms with E-state index in [2.05, 4.69) is 15.5 Å². The fourth-order valence-electron chi connectivity index (χ4n) is 5.08. The number of nitrogens with zero attached hydrogens (tertiary/aromatic N) is 3. The van der Waals surface area contributed by atoms with Gasteiger partial charge in [-0.3, -0.25) is 14.5 Å². The maximum atomic E-state index is 14.1. The molecule has 2 unspecified atom stereocenters. The van der Waals surface area contributed by atoms with Crippen LogP contribution in [0.25, 0.3) is 0 Å². The molecule has 1 fully saturated rings. The van der Waals surface area contributed by atoms with Crippen LogP contribution in [0.1, 0.15) is 28.7 Å². The van der Waals surface area contributed by atoms with Gasteiger partial charge in [0.05, 0.1) is 6.26 Å². The number of hydrogen-bond donors (Lipinski definition) is 2. The first-order valence-electron chi connectivity index (χ1n) is 13.6. The fraction of sp³-hybridized carbons (Fsp3) is 0.194. The highest BCUT2D eigenvalue weighted by atomic mass is 32.2. The number of carbonyl (C=O) groups excluding carboxylic acids is 3. The van der Waals surface area contributed by atoms with E-state index in [1.807, 2.05) is 66.7 Å². The molecule has 6 rings (SSSR count). The molecule has 13 heteroatoms. The summed E-state index contributed by atoms with van der Waals surface area (Å²) in [4.78, 5) is 51.3. The number of carbonyl (C=O) groups is 3. The molecule has 0 spiro atoms. The Balaban J connectivity index is 1.29. The third-order valence-corrected chi connectivity index (χ3v) is 9.10. The van der Waals surface area contributed by atoms with Gasteiger partial charge in [-0.15, -0.1) is 23.1 Å². The van der Waals surface area contributed by atoms with Crippen molar-refractivity contribution in [2.75, 3.05) is 18.6 Å². The Labute approximate surface area is 260 Å².